The molecule has 3 aliphatic rings. The van der Waals surface area contributed by atoms with E-state index in [0.717, 1.165) is 38.0 Å². The molecule has 4 atom stereocenters. The summed E-state index contributed by atoms with van der Waals surface area (Å²) < 4.78 is 29.7. The summed E-state index contributed by atoms with van der Waals surface area (Å²) in [6.07, 6.45) is 3.75. The molecular formula is C29H47NO6. The van der Waals surface area contributed by atoms with Gasteiger partial charge in [0.15, 0.2) is 5.79 Å². The maximum Gasteiger partial charge on any atom is 0.174 e. The van der Waals surface area contributed by atoms with Crippen LogP contribution in [0.25, 0.3) is 0 Å². The minimum Gasteiger partial charge on any atom is -0.491 e. The SMILES string of the molecule is CCC1(C)CC2(OCC(C)(COC)CO2)C(C)C(C)(CC)N1OCCc1ccc(OCC2CO2)cc1. The van der Waals surface area contributed by atoms with E-state index >= 15 is 0 Å². The summed E-state index contributed by atoms with van der Waals surface area (Å²) in [6, 6.07) is 8.32. The van der Waals surface area contributed by atoms with Crippen molar-refractivity contribution >= 4 is 0 Å². The Hall–Kier alpha value is -1.22. The highest BCUT2D eigenvalue weighted by molar-refractivity contribution is 5.27. The molecule has 0 bridgehead atoms. The number of ether oxygens (including phenoxy) is 5. The fourth-order valence-corrected chi connectivity index (χ4v) is 5.86. The zero-order valence-corrected chi connectivity index (χ0v) is 23.4. The molecule has 7 nitrogen and oxygen atoms in total. The van der Waals surface area contributed by atoms with Crippen LogP contribution in [0.15, 0.2) is 24.3 Å². The first-order chi connectivity index (χ1) is 17.1. The molecule has 1 aromatic carbocycles. The lowest BCUT2D eigenvalue weighted by atomic mass is 9.67. The van der Waals surface area contributed by atoms with Gasteiger partial charge in [-0.05, 0) is 50.8 Å². The Morgan fingerprint density at radius 3 is 2.25 bits per heavy atom. The molecule has 0 aliphatic carbocycles. The highest BCUT2D eigenvalue weighted by atomic mass is 16.7. The Kier molecular flexibility index (Phi) is 8.40. The Balaban J connectivity index is 1.42. The molecular weight excluding hydrogens is 458 g/mol. The van der Waals surface area contributed by atoms with E-state index in [1.165, 1.54) is 5.56 Å². The highest BCUT2D eigenvalue weighted by Crippen LogP contribution is 2.54. The smallest absolute Gasteiger partial charge is 0.174 e. The third-order valence-corrected chi connectivity index (χ3v) is 8.85. The largest absolute Gasteiger partial charge is 0.491 e. The average Bonchev–Trinajstić information content (AvgIpc) is 3.71. The minimum atomic E-state index is -0.621. The first-order valence-electron chi connectivity index (χ1n) is 13.7. The van der Waals surface area contributed by atoms with Crippen molar-refractivity contribution in [1.82, 2.24) is 5.06 Å². The van der Waals surface area contributed by atoms with Crippen molar-refractivity contribution in [1.29, 1.82) is 0 Å². The van der Waals surface area contributed by atoms with Crippen LogP contribution in [0.5, 0.6) is 5.75 Å². The van der Waals surface area contributed by atoms with Gasteiger partial charge in [0, 0.05) is 30.4 Å². The molecule has 204 valence electrons. The number of hydrogen-bond acceptors (Lipinski definition) is 7. The van der Waals surface area contributed by atoms with E-state index in [2.05, 4.69) is 58.7 Å². The predicted octanol–water partition coefficient (Wildman–Crippen LogP) is 5.01. The monoisotopic (exact) mass is 505 g/mol. The number of methoxy groups -OCH3 is 1. The summed E-state index contributed by atoms with van der Waals surface area (Å²) in [5.41, 5.74) is 0.666. The summed E-state index contributed by atoms with van der Waals surface area (Å²) in [4.78, 5) is 6.66. The number of hydroxylamine groups is 2. The van der Waals surface area contributed by atoms with Crippen molar-refractivity contribution < 1.29 is 28.5 Å². The normalized spacial score (nSPS) is 38.9. The second kappa shape index (κ2) is 10.9. The van der Waals surface area contributed by atoms with Gasteiger partial charge in [0.2, 0.25) is 0 Å². The van der Waals surface area contributed by atoms with Gasteiger partial charge in [-0.25, -0.2) is 0 Å². The zero-order valence-electron chi connectivity index (χ0n) is 23.4. The predicted molar refractivity (Wildman–Crippen MR) is 139 cm³/mol. The minimum absolute atomic E-state index is 0.120. The van der Waals surface area contributed by atoms with Crippen molar-refractivity contribution in [3.63, 3.8) is 0 Å². The lowest BCUT2D eigenvalue weighted by Gasteiger charge is -2.64. The maximum absolute atomic E-state index is 6.66. The van der Waals surface area contributed by atoms with Crippen LogP contribution < -0.4 is 4.74 Å². The standard InChI is InChI=1S/C29H47NO6/c1-8-27(5)18-29(34-20-26(4,19-31-7)21-35-29)22(3)28(6,9-2)30(27)36-15-14-23-10-12-24(13-11-23)32-16-25-17-33-25/h10-13,22,25H,8-9,14-21H2,1-7H3. The van der Waals surface area contributed by atoms with E-state index < -0.39 is 5.79 Å². The molecule has 4 rings (SSSR count). The van der Waals surface area contributed by atoms with Crippen LogP contribution in [0, 0.1) is 11.3 Å². The first-order valence-corrected chi connectivity index (χ1v) is 13.7. The molecule has 36 heavy (non-hydrogen) atoms. The van der Waals surface area contributed by atoms with E-state index in [9.17, 15) is 0 Å². The number of nitrogens with zero attached hydrogens (tertiary/aromatic N) is 1. The molecule has 0 amide bonds. The highest BCUT2D eigenvalue weighted by Gasteiger charge is 2.63. The molecule has 3 fully saturated rings. The molecule has 0 aromatic heterocycles. The molecule has 0 N–H and O–H groups in total. The van der Waals surface area contributed by atoms with Crippen molar-refractivity contribution in [3.8, 4) is 5.75 Å². The fraction of sp³-hybridized carbons (Fsp3) is 0.793. The van der Waals surface area contributed by atoms with Gasteiger partial charge < -0.3 is 23.7 Å². The van der Waals surface area contributed by atoms with Crippen LogP contribution in [-0.4, -0.2) is 74.8 Å². The van der Waals surface area contributed by atoms with Crippen LogP contribution in [0.4, 0.5) is 0 Å². The fourth-order valence-electron chi connectivity index (χ4n) is 5.86. The second-order valence-corrected chi connectivity index (χ2v) is 11.9. The van der Waals surface area contributed by atoms with E-state index in [1.807, 2.05) is 12.1 Å². The molecule has 7 heteroatoms. The number of benzene rings is 1. The second-order valence-electron chi connectivity index (χ2n) is 11.9. The van der Waals surface area contributed by atoms with Gasteiger partial charge in [-0.2, -0.15) is 5.06 Å². The number of rotatable bonds is 11. The molecule has 3 heterocycles. The molecule has 0 radical (unpaired) electrons. The summed E-state index contributed by atoms with van der Waals surface area (Å²) >= 11 is 0. The Bertz CT molecular complexity index is 850. The zero-order chi connectivity index (χ0) is 26.0. The van der Waals surface area contributed by atoms with Crippen LogP contribution >= 0.6 is 0 Å². The summed E-state index contributed by atoms with van der Waals surface area (Å²) in [7, 11) is 1.74. The average molecular weight is 506 g/mol. The number of piperidine rings is 1. The van der Waals surface area contributed by atoms with Crippen LogP contribution in [0.2, 0.25) is 0 Å². The molecule has 4 unspecified atom stereocenters. The Morgan fingerprint density at radius 2 is 1.69 bits per heavy atom. The number of hydrogen-bond donors (Lipinski definition) is 0. The van der Waals surface area contributed by atoms with Gasteiger partial charge in [0.1, 0.15) is 18.5 Å². The molecule has 3 aliphatic heterocycles. The Morgan fingerprint density at radius 1 is 1.03 bits per heavy atom. The van der Waals surface area contributed by atoms with Gasteiger partial charge in [-0.15, -0.1) is 0 Å². The molecule has 3 saturated heterocycles. The van der Waals surface area contributed by atoms with Crippen molar-refractivity contribution in [2.75, 3.05) is 46.8 Å². The van der Waals surface area contributed by atoms with E-state index in [-0.39, 0.29) is 28.5 Å². The van der Waals surface area contributed by atoms with Gasteiger partial charge in [-0.3, -0.25) is 4.84 Å². The Labute approximate surface area is 217 Å². The maximum atomic E-state index is 6.66. The molecule has 0 saturated carbocycles. The van der Waals surface area contributed by atoms with E-state index in [4.69, 9.17) is 28.5 Å². The van der Waals surface area contributed by atoms with Gasteiger partial charge >= 0.3 is 0 Å². The lowest BCUT2D eigenvalue weighted by Crippen LogP contribution is -2.74. The van der Waals surface area contributed by atoms with Gasteiger partial charge in [-0.1, -0.05) is 39.8 Å². The van der Waals surface area contributed by atoms with Crippen LogP contribution in [0.3, 0.4) is 0 Å². The number of epoxide rings is 1. The van der Waals surface area contributed by atoms with Gasteiger partial charge in [0.25, 0.3) is 0 Å². The van der Waals surface area contributed by atoms with Crippen molar-refractivity contribution in [2.24, 2.45) is 11.3 Å². The summed E-state index contributed by atoms with van der Waals surface area (Å²) in [6.45, 7) is 17.5. The quantitative estimate of drug-likeness (QED) is 0.392. The summed E-state index contributed by atoms with van der Waals surface area (Å²) in [5, 5.41) is 2.29. The first kappa shape index (κ1) is 27.8. The molecule has 1 spiro atoms. The van der Waals surface area contributed by atoms with E-state index in [0.29, 0.717) is 33.0 Å². The third-order valence-electron chi connectivity index (χ3n) is 8.85. The van der Waals surface area contributed by atoms with Crippen LogP contribution in [-0.2, 0) is 30.2 Å². The molecule has 1 aromatic rings. The summed E-state index contributed by atoms with van der Waals surface area (Å²) in [5.74, 6) is 0.398. The third kappa shape index (κ3) is 5.62. The topological polar surface area (TPSA) is 61.9 Å². The van der Waals surface area contributed by atoms with Gasteiger partial charge in [0.05, 0.1) is 38.6 Å². The lowest BCUT2D eigenvalue weighted by molar-refractivity contribution is -0.410. The van der Waals surface area contributed by atoms with Crippen molar-refractivity contribution in [2.45, 2.75) is 90.2 Å². The van der Waals surface area contributed by atoms with Crippen LogP contribution in [0.1, 0.15) is 66.4 Å². The van der Waals surface area contributed by atoms with Crippen molar-refractivity contribution in [3.05, 3.63) is 29.8 Å². The van der Waals surface area contributed by atoms with E-state index in [1.54, 1.807) is 7.11 Å².